The quantitative estimate of drug-likeness (QED) is 0.319. The van der Waals surface area contributed by atoms with Crippen LogP contribution in [-0.4, -0.2) is 11.9 Å². The van der Waals surface area contributed by atoms with E-state index in [0.29, 0.717) is 23.0 Å². The van der Waals surface area contributed by atoms with E-state index in [1.54, 1.807) is 63.8 Å². The number of benzene rings is 1. The SMILES string of the molecule is CC(C)(C)C(=O)Oc1cc(C/C(Cl)=C\I)cc(OC(=O)C(C)(C)C)c1. The average molecular weight is 479 g/mol. The summed E-state index contributed by atoms with van der Waals surface area (Å²) in [6, 6.07) is 4.99. The zero-order valence-electron chi connectivity index (χ0n) is 15.4. The summed E-state index contributed by atoms with van der Waals surface area (Å²) in [5.41, 5.74) is -0.496. The molecule has 1 aromatic carbocycles. The lowest BCUT2D eigenvalue weighted by Crippen LogP contribution is -2.26. The first kappa shape index (κ1) is 22.0. The van der Waals surface area contributed by atoms with E-state index in [2.05, 4.69) is 22.6 Å². The van der Waals surface area contributed by atoms with Gasteiger partial charge in [0.25, 0.3) is 0 Å². The lowest BCUT2D eigenvalue weighted by atomic mass is 9.97. The van der Waals surface area contributed by atoms with Gasteiger partial charge >= 0.3 is 11.9 Å². The minimum absolute atomic E-state index is 0.326. The van der Waals surface area contributed by atoms with Gasteiger partial charge in [0.15, 0.2) is 0 Å². The molecule has 138 valence electrons. The predicted octanol–water partition coefficient (Wildman–Crippen LogP) is 5.65. The van der Waals surface area contributed by atoms with Crippen molar-refractivity contribution in [3.8, 4) is 11.5 Å². The van der Waals surface area contributed by atoms with E-state index in [1.165, 1.54) is 0 Å². The minimum Gasteiger partial charge on any atom is -0.426 e. The van der Waals surface area contributed by atoms with Crippen molar-refractivity contribution in [1.29, 1.82) is 0 Å². The Hall–Kier alpha value is -1.08. The molecule has 6 heteroatoms. The number of halogens is 2. The van der Waals surface area contributed by atoms with E-state index < -0.39 is 10.8 Å². The smallest absolute Gasteiger partial charge is 0.316 e. The number of hydrogen-bond donors (Lipinski definition) is 0. The largest absolute Gasteiger partial charge is 0.426 e. The topological polar surface area (TPSA) is 52.6 Å². The fraction of sp³-hybridized carbons (Fsp3) is 0.474. The van der Waals surface area contributed by atoms with Crippen molar-refractivity contribution in [3.05, 3.63) is 32.9 Å². The van der Waals surface area contributed by atoms with Crippen LogP contribution in [0.4, 0.5) is 0 Å². The Labute approximate surface area is 168 Å². The predicted molar refractivity (Wildman–Crippen MR) is 108 cm³/mol. The van der Waals surface area contributed by atoms with Crippen molar-refractivity contribution < 1.29 is 19.1 Å². The van der Waals surface area contributed by atoms with Crippen LogP contribution in [0, 0.1) is 10.8 Å². The first-order valence-electron chi connectivity index (χ1n) is 7.86. The van der Waals surface area contributed by atoms with E-state index in [0.717, 1.165) is 5.56 Å². The first-order valence-corrected chi connectivity index (χ1v) is 9.48. The molecular weight excluding hydrogens is 455 g/mol. The zero-order valence-corrected chi connectivity index (χ0v) is 18.3. The molecule has 0 bridgehead atoms. The molecule has 0 aromatic heterocycles. The van der Waals surface area contributed by atoms with Gasteiger partial charge in [0.2, 0.25) is 0 Å². The summed E-state index contributed by atoms with van der Waals surface area (Å²) >= 11 is 8.15. The van der Waals surface area contributed by atoms with Crippen molar-refractivity contribution in [2.75, 3.05) is 0 Å². The van der Waals surface area contributed by atoms with Crippen LogP contribution >= 0.6 is 34.2 Å². The molecule has 25 heavy (non-hydrogen) atoms. The van der Waals surface area contributed by atoms with Gasteiger partial charge in [-0.05, 0) is 63.3 Å². The van der Waals surface area contributed by atoms with Crippen molar-refractivity contribution >= 4 is 46.1 Å². The van der Waals surface area contributed by atoms with Gasteiger partial charge < -0.3 is 9.47 Å². The van der Waals surface area contributed by atoms with E-state index >= 15 is 0 Å². The normalized spacial score (nSPS) is 12.7. The highest BCUT2D eigenvalue weighted by atomic mass is 127. The van der Waals surface area contributed by atoms with E-state index in [1.807, 2.05) is 0 Å². The fourth-order valence-corrected chi connectivity index (χ4v) is 1.98. The molecule has 0 radical (unpaired) electrons. The lowest BCUT2D eigenvalue weighted by Gasteiger charge is -2.19. The third-order valence-corrected chi connectivity index (χ3v) is 4.44. The number of allylic oxidation sites excluding steroid dienone is 1. The first-order chi connectivity index (χ1) is 11.3. The van der Waals surface area contributed by atoms with Crippen LogP contribution in [0.25, 0.3) is 0 Å². The van der Waals surface area contributed by atoms with Crippen molar-refractivity contribution in [3.63, 3.8) is 0 Å². The second-order valence-electron chi connectivity index (χ2n) is 7.82. The Kier molecular flexibility index (Phi) is 7.50. The monoisotopic (exact) mass is 478 g/mol. The van der Waals surface area contributed by atoms with Gasteiger partial charge in [-0.2, -0.15) is 0 Å². The van der Waals surface area contributed by atoms with Crippen LogP contribution in [0.1, 0.15) is 47.1 Å². The van der Waals surface area contributed by atoms with Gasteiger partial charge in [-0.15, -0.1) is 0 Å². The minimum atomic E-state index is -0.641. The Balaban J connectivity index is 3.19. The van der Waals surface area contributed by atoms with Gasteiger partial charge in [0, 0.05) is 17.5 Å². The highest BCUT2D eigenvalue weighted by molar-refractivity contribution is 14.1. The van der Waals surface area contributed by atoms with Crippen LogP contribution < -0.4 is 9.47 Å². The number of hydrogen-bond acceptors (Lipinski definition) is 4. The average Bonchev–Trinajstić information content (AvgIpc) is 2.44. The Morgan fingerprint density at radius 2 is 1.36 bits per heavy atom. The maximum absolute atomic E-state index is 12.1. The van der Waals surface area contributed by atoms with E-state index in [9.17, 15) is 9.59 Å². The van der Waals surface area contributed by atoms with Crippen LogP contribution in [0.15, 0.2) is 27.3 Å². The second kappa shape index (κ2) is 8.54. The highest BCUT2D eigenvalue weighted by Crippen LogP contribution is 2.29. The molecule has 0 saturated carbocycles. The fourth-order valence-electron chi connectivity index (χ4n) is 1.60. The van der Waals surface area contributed by atoms with Gasteiger partial charge in [0.1, 0.15) is 11.5 Å². The van der Waals surface area contributed by atoms with E-state index in [-0.39, 0.29) is 11.9 Å². The Morgan fingerprint density at radius 1 is 0.960 bits per heavy atom. The molecule has 4 nitrogen and oxygen atoms in total. The molecule has 0 atom stereocenters. The van der Waals surface area contributed by atoms with Crippen LogP contribution in [0.2, 0.25) is 0 Å². The molecule has 0 unspecified atom stereocenters. The number of carbonyl (C=O) groups excluding carboxylic acids is 2. The molecular formula is C19H24ClIO4. The summed E-state index contributed by atoms with van der Waals surface area (Å²) in [5, 5.41) is 0.632. The molecule has 0 N–H and O–H groups in total. The van der Waals surface area contributed by atoms with Gasteiger partial charge in [-0.1, -0.05) is 34.2 Å². The number of ether oxygens (including phenoxy) is 2. The number of rotatable bonds is 4. The zero-order chi connectivity index (χ0) is 19.4. The van der Waals surface area contributed by atoms with Gasteiger partial charge in [0.05, 0.1) is 10.8 Å². The molecule has 1 rings (SSSR count). The third kappa shape index (κ3) is 7.36. The maximum Gasteiger partial charge on any atom is 0.316 e. The molecule has 0 fully saturated rings. The second-order valence-corrected chi connectivity index (χ2v) is 8.93. The summed E-state index contributed by atoms with van der Waals surface area (Å²) in [5.74, 6) is -0.0827. The Morgan fingerprint density at radius 3 is 1.68 bits per heavy atom. The summed E-state index contributed by atoms with van der Waals surface area (Å²) < 4.78 is 12.7. The molecule has 0 aliphatic rings. The summed E-state index contributed by atoms with van der Waals surface area (Å²) in [7, 11) is 0. The summed E-state index contributed by atoms with van der Waals surface area (Å²) in [4.78, 5) is 24.3. The standard InChI is InChI=1S/C19H24ClIO4/c1-18(2,3)16(22)24-14-8-12(7-13(20)11-21)9-15(10-14)25-17(23)19(4,5)6/h8-11H,7H2,1-6H3/b13-11+. The summed E-state index contributed by atoms with van der Waals surface area (Å²) in [6.45, 7) is 10.6. The molecule has 0 aliphatic heterocycles. The van der Waals surface area contributed by atoms with Crippen LogP contribution in [-0.2, 0) is 16.0 Å². The number of carbonyl (C=O) groups is 2. The third-order valence-electron chi connectivity index (χ3n) is 3.08. The Bertz CT molecular complexity index is 635. The summed E-state index contributed by atoms with van der Waals surface area (Å²) in [6.07, 6.45) is 0.450. The molecule has 0 spiro atoms. The lowest BCUT2D eigenvalue weighted by molar-refractivity contribution is -0.143. The number of esters is 2. The van der Waals surface area contributed by atoms with Gasteiger partial charge in [-0.25, -0.2) is 0 Å². The van der Waals surface area contributed by atoms with Crippen molar-refractivity contribution in [1.82, 2.24) is 0 Å². The molecule has 0 heterocycles. The molecule has 0 saturated heterocycles. The van der Waals surface area contributed by atoms with E-state index in [4.69, 9.17) is 21.1 Å². The molecule has 0 aliphatic carbocycles. The highest BCUT2D eigenvalue weighted by Gasteiger charge is 2.26. The van der Waals surface area contributed by atoms with Crippen molar-refractivity contribution in [2.24, 2.45) is 10.8 Å². The molecule has 0 amide bonds. The van der Waals surface area contributed by atoms with Crippen molar-refractivity contribution in [2.45, 2.75) is 48.0 Å². The van der Waals surface area contributed by atoms with Crippen LogP contribution in [0.3, 0.4) is 0 Å². The molecule has 1 aromatic rings. The van der Waals surface area contributed by atoms with Crippen LogP contribution in [0.5, 0.6) is 11.5 Å². The maximum atomic E-state index is 12.1. The van der Waals surface area contributed by atoms with Gasteiger partial charge in [-0.3, -0.25) is 9.59 Å².